The summed E-state index contributed by atoms with van der Waals surface area (Å²) in [6, 6.07) is 18.8. The molecule has 5 aromatic rings. The van der Waals surface area contributed by atoms with Crippen molar-refractivity contribution in [1.82, 2.24) is 24.2 Å². The SMILES string of the molecule is CCn1c(=O)c(=O)[nH]c2cc(C(=O)N(C)Cc3cn(-c4ccccc4)nc3-c3cccs3)ccc21. The number of aromatic amines is 1. The van der Waals surface area contributed by atoms with Gasteiger partial charge in [-0.25, -0.2) is 4.68 Å². The zero-order chi connectivity index (χ0) is 24.5. The van der Waals surface area contributed by atoms with Gasteiger partial charge in [0.05, 0.1) is 21.6 Å². The molecule has 1 N–H and O–H groups in total. The van der Waals surface area contributed by atoms with E-state index in [0.29, 0.717) is 29.7 Å². The Morgan fingerprint density at radius 3 is 2.60 bits per heavy atom. The number of nitrogens with zero attached hydrogens (tertiary/aromatic N) is 4. The van der Waals surface area contributed by atoms with Crippen LogP contribution in [0.25, 0.3) is 27.3 Å². The highest BCUT2D eigenvalue weighted by molar-refractivity contribution is 7.13. The van der Waals surface area contributed by atoms with Crippen LogP contribution in [0.4, 0.5) is 0 Å². The molecule has 0 radical (unpaired) electrons. The Balaban J connectivity index is 1.48. The van der Waals surface area contributed by atoms with E-state index in [2.05, 4.69) is 4.98 Å². The Morgan fingerprint density at radius 2 is 1.89 bits per heavy atom. The highest BCUT2D eigenvalue weighted by Gasteiger charge is 2.19. The van der Waals surface area contributed by atoms with Crippen molar-refractivity contribution in [3.8, 4) is 16.3 Å². The van der Waals surface area contributed by atoms with Gasteiger partial charge in [0.1, 0.15) is 5.69 Å². The number of fused-ring (bicyclic) bond motifs is 1. The van der Waals surface area contributed by atoms with Gasteiger partial charge in [0.25, 0.3) is 5.91 Å². The molecule has 0 fully saturated rings. The van der Waals surface area contributed by atoms with Gasteiger partial charge < -0.3 is 14.5 Å². The molecule has 0 aliphatic rings. The van der Waals surface area contributed by atoms with Crippen LogP contribution in [0, 0.1) is 0 Å². The van der Waals surface area contributed by atoms with Gasteiger partial charge in [0.2, 0.25) is 0 Å². The van der Waals surface area contributed by atoms with Gasteiger partial charge in [-0.3, -0.25) is 14.4 Å². The van der Waals surface area contributed by atoms with Gasteiger partial charge in [-0.1, -0.05) is 24.3 Å². The number of benzene rings is 2. The first kappa shape index (κ1) is 22.5. The number of carbonyl (C=O) groups excluding carboxylic acids is 1. The van der Waals surface area contributed by atoms with E-state index in [1.54, 1.807) is 48.4 Å². The fraction of sp³-hybridized carbons (Fsp3) is 0.154. The molecule has 176 valence electrons. The van der Waals surface area contributed by atoms with Crippen LogP contribution in [0.2, 0.25) is 0 Å². The lowest BCUT2D eigenvalue weighted by molar-refractivity contribution is 0.0785. The summed E-state index contributed by atoms with van der Waals surface area (Å²) < 4.78 is 3.23. The van der Waals surface area contributed by atoms with E-state index in [-0.39, 0.29) is 5.91 Å². The second-order valence-corrected chi connectivity index (χ2v) is 9.10. The number of amides is 1. The smallest absolute Gasteiger partial charge is 0.316 e. The highest BCUT2D eigenvalue weighted by Crippen LogP contribution is 2.29. The summed E-state index contributed by atoms with van der Waals surface area (Å²) in [7, 11) is 1.74. The zero-order valence-corrected chi connectivity index (χ0v) is 20.1. The second kappa shape index (κ2) is 9.19. The Hall–Kier alpha value is -4.24. The molecular formula is C26H23N5O3S. The molecule has 9 heteroatoms. The summed E-state index contributed by atoms with van der Waals surface area (Å²) >= 11 is 1.60. The third-order valence-corrected chi connectivity index (χ3v) is 6.73. The molecule has 2 aromatic carbocycles. The molecule has 1 amide bonds. The summed E-state index contributed by atoms with van der Waals surface area (Å²) in [4.78, 5) is 42.7. The first-order valence-corrected chi connectivity index (χ1v) is 12.0. The summed E-state index contributed by atoms with van der Waals surface area (Å²) in [6.07, 6.45) is 1.95. The second-order valence-electron chi connectivity index (χ2n) is 8.16. The molecule has 3 aromatic heterocycles. The minimum Gasteiger partial charge on any atom is -0.337 e. The predicted molar refractivity (Wildman–Crippen MR) is 137 cm³/mol. The summed E-state index contributed by atoms with van der Waals surface area (Å²) in [5.41, 5.74) is 2.83. The number of thiophene rings is 1. The lowest BCUT2D eigenvalue weighted by Crippen LogP contribution is -2.36. The standard InChI is InChI=1S/C26H23N5O3S/c1-3-30-21-12-11-17(14-20(21)27-24(32)26(30)34)25(33)29(2)15-18-16-31(19-8-5-4-6-9-19)28-23(18)22-10-7-13-35-22/h4-14,16H,3,15H2,1-2H3,(H,27,32). The molecule has 0 aliphatic heterocycles. The summed E-state index contributed by atoms with van der Waals surface area (Å²) in [5, 5.41) is 6.80. The van der Waals surface area contributed by atoms with Crippen molar-refractivity contribution < 1.29 is 4.79 Å². The van der Waals surface area contributed by atoms with Crippen LogP contribution in [0.3, 0.4) is 0 Å². The van der Waals surface area contributed by atoms with Crippen molar-refractivity contribution in [2.75, 3.05) is 7.05 Å². The van der Waals surface area contributed by atoms with Crippen LogP contribution in [0.1, 0.15) is 22.8 Å². The first-order chi connectivity index (χ1) is 17.0. The Labute approximate surface area is 204 Å². The maximum atomic E-state index is 13.3. The Morgan fingerprint density at radius 1 is 1.09 bits per heavy atom. The van der Waals surface area contributed by atoms with Crippen LogP contribution in [-0.4, -0.2) is 37.2 Å². The van der Waals surface area contributed by atoms with Gasteiger partial charge in [-0.2, -0.15) is 5.10 Å². The van der Waals surface area contributed by atoms with Gasteiger partial charge in [-0.15, -0.1) is 11.3 Å². The number of hydrogen-bond donors (Lipinski definition) is 1. The van der Waals surface area contributed by atoms with E-state index < -0.39 is 11.1 Å². The third kappa shape index (κ3) is 4.22. The van der Waals surface area contributed by atoms with Crippen LogP contribution in [0.5, 0.6) is 0 Å². The Kier molecular flexibility index (Phi) is 5.92. The lowest BCUT2D eigenvalue weighted by atomic mass is 10.1. The van der Waals surface area contributed by atoms with E-state index in [9.17, 15) is 14.4 Å². The van der Waals surface area contributed by atoms with Crippen LogP contribution < -0.4 is 11.1 Å². The molecular weight excluding hydrogens is 462 g/mol. The van der Waals surface area contributed by atoms with Crippen molar-refractivity contribution in [2.45, 2.75) is 20.0 Å². The molecule has 3 heterocycles. The molecule has 0 unspecified atom stereocenters. The molecule has 0 aliphatic carbocycles. The van der Waals surface area contributed by atoms with E-state index in [4.69, 9.17) is 5.10 Å². The van der Waals surface area contributed by atoms with Crippen LogP contribution in [0.15, 0.2) is 81.8 Å². The van der Waals surface area contributed by atoms with Crippen molar-refractivity contribution >= 4 is 28.3 Å². The maximum Gasteiger partial charge on any atom is 0.316 e. The van der Waals surface area contributed by atoms with Crippen molar-refractivity contribution in [1.29, 1.82) is 0 Å². The largest absolute Gasteiger partial charge is 0.337 e. The molecule has 0 saturated carbocycles. The molecule has 0 saturated heterocycles. The number of para-hydroxylation sites is 1. The summed E-state index contributed by atoms with van der Waals surface area (Å²) in [6.45, 7) is 2.51. The van der Waals surface area contributed by atoms with Gasteiger partial charge in [-0.05, 0) is 48.7 Å². The van der Waals surface area contributed by atoms with Gasteiger partial charge >= 0.3 is 11.1 Å². The van der Waals surface area contributed by atoms with Crippen LogP contribution in [-0.2, 0) is 13.1 Å². The van der Waals surface area contributed by atoms with E-state index >= 15 is 0 Å². The lowest BCUT2D eigenvalue weighted by Gasteiger charge is -2.17. The number of carbonyl (C=O) groups is 1. The molecule has 35 heavy (non-hydrogen) atoms. The number of H-pyrrole nitrogens is 1. The maximum absolute atomic E-state index is 13.3. The van der Waals surface area contributed by atoms with E-state index in [1.165, 1.54) is 4.57 Å². The van der Waals surface area contributed by atoms with Gasteiger partial charge in [0.15, 0.2) is 0 Å². The number of rotatable bonds is 6. The number of nitrogens with one attached hydrogen (secondary N) is 1. The highest BCUT2D eigenvalue weighted by atomic mass is 32.1. The van der Waals surface area contributed by atoms with Crippen LogP contribution >= 0.6 is 11.3 Å². The molecule has 0 spiro atoms. The predicted octanol–water partition coefficient (Wildman–Crippen LogP) is 3.90. The number of hydrogen-bond acceptors (Lipinski definition) is 5. The number of aryl methyl sites for hydroxylation is 1. The van der Waals surface area contributed by atoms with E-state index in [0.717, 1.165) is 21.8 Å². The third-order valence-electron chi connectivity index (χ3n) is 5.86. The fourth-order valence-corrected chi connectivity index (χ4v) is 4.88. The van der Waals surface area contributed by atoms with E-state index in [1.807, 2.05) is 58.7 Å². The zero-order valence-electron chi connectivity index (χ0n) is 19.3. The molecule has 0 atom stereocenters. The fourth-order valence-electron chi connectivity index (χ4n) is 4.13. The molecule has 8 nitrogen and oxygen atoms in total. The molecule has 5 rings (SSSR count). The van der Waals surface area contributed by atoms with Crippen molar-refractivity contribution in [3.05, 3.63) is 104 Å². The monoisotopic (exact) mass is 485 g/mol. The number of aromatic nitrogens is 4. The molecule has 0 bridgehead atoms. The average Bonchev–Trinajstić information content (AvgIpc) is 3.55. The van der Waals surface area contributed by atoms with Crippen molar-refractivity contribution in [2.24, 2.45) is 0 Å². The summed E-state index contributed by atoms with van der Waals surface area (Å²) in [5.74, 6) is -0.202. The minimum absolute atomic E-state index is 0.202. The van der Waals surface area contributed by atoms with Gasteiger partial charge in [0, 0.05) is 37.5 Å². The average molecular weight is 486 g/mol. The quantitative estimate of drug-likeness (QED) is 0.369. The minimum atomic E-state index is -0.703. The van der Waals surface area contributed by atoms with Crippen molar-refractivity contribution in [3.63, 3.8) is 0 Å². The first-order valence-electron chi connectivity index (χ1n) is 11.2. The topological polar surface area (TPSA) is 93.0 Å². The normalized spacial score (nSPS) is 11.1. The Bertz CT molecular complexity index is 1630.